The Bertz CT molecular complexity index is 1250. The van der Waals surface area contributed by atoms with E-state index in [0.717, 1.165) is 52.4 Å². The second-order valence-corrected chi connectivity index (χ2v) is 8.80. The van der Waals surface area contributed by atoms with Crippen LogP contribution in [0.15, 0.2) is 78.1 Å². The van der Waals surface area contributed by atoms with Gasteiger partial charge in [-0.15, -0.1) is 11.8 Å². The maximum Gasteiger partial charge on any atom is 0.323 e. The van der Waals surface area contributed by atoms with E-state index in [2.05, 4.69) is 20.3 Å². The highest BCUT2D eigenvalue weighted by atomic mass is 32.2. The van der Waals surface area contributed by atoms with Crippen molar-refractivity contribution in [3.05, 3.63) is 78.6 Å². The molecule has 2 amide bonds. The number of urea groups is 1. The van der Waals surface area contributed by atoms with E-state index in [9.17, 15) is 4.79 Å². The van der Waals surface area contributed by atoms with E-state index in [1.54, 1.807) is 0 Å². The fourth-order valence-electron chi connectivity index (χ4n) is 3.78. The molecule has 0 saturated heterocycles. The van der Waals surface area contributed by atoms with Crippen LogP contribution in [-0.4, -0.2) is 26.5 Å². The Morgan fingerprint density at radius 3 is 2.56 bits per heavy atom. The van der Waals surface area contributed by atoms with Gasteiger partial charge >= 0.3 is 6.03 Å². The van der Waals surface area contributed by atoms with Crippen LogP contribution in [0.2, 0.25) is 0 Å². The van der Waals surface area contributed by atoms with Crippen molar-refractivity contribution >= 4 is 29.2 Å². The number of thioether (sulfide) groups is 1. The van der Waals surface area contributed by atoms with Crippen molar-refractivity contribution in [2.75, 3.05) is 16.4 Å². The number of amides is 2. The molecule has 0 bridgehead atoms. The second kappa shape index (κ2) is 8.88. The molecular weight excluding hydrogens is 418 g/mol. The number of benzene rings is 2. The summed E-state index contributed by atoms with van der Waals surface area (Å²) >= 11 is 1.84. The molecule has 7 heteroatoms. The van der Waals surface area contributed by atoms with Gasteiger partial charge in [-0.2, -0.15) is 5.10 Å². The molecule has 1 aliphatic heterocycles. The molecule has 0 atom stereocenters. The summed E-state index contributed by atoms with van der Waals surface area (Å²) in [6, 6.07) is 19.3. The van der Waals surface area contributed by atoms with Crippen LogP contribution in [0.4, 0.5) is 16.2 Å². The minimum atomic E-state index is -0.278. The molecule has 0 aliphatic carbocycles. The van der Waals surface area contributed by atoms with Gasteiger partial charge in [-0.05, 0) is 55.3 Å². The molecule has 0 saturated carbocycles. The van der Waals surface area contributed by atoms with Crippen molar-refractivity contribution in [2.45, 2.75) is 24.9 Å². The Kier molecular flexibility index (Phi) is 5.64. The van der Waals surface area contributed by atoms with Gasteiger partial charge in [0.05, 0.1) is 0 Å². The standard InChI is InChI=1S/C25H23N5OS/c1-17-6-8-20(9-7-17)27-25(31)28-21-5-2-4-19(16-21)23-22(18-10-12-26-13-11-18)24-30(29-23)14-3-15-32-24/h2,4-13,16H,3,14-15H2,1H3,(H2,27,28,31). The van der Waals surface area contributed by atoms with Crippen molar-refractivity contribution in [1.82, 2.24) is 14.8 Å². The molecule has 6 nitrogen and oxygen atoms in total. The number of carbonyl (C=O) groups is 1. The molecular formula is C25H23N5OS. The van der Waals surface area contributed by atoms with Crippen molar-refractivity contribution < 1.29 is 4.79 Å². The third-order valence-corrected chi connectivity index (χ3v) is 6.51. The monoisotopic (exact) mass is 441 g/mol. The fourth-order valence-corrected chi connectivity index (χ4v) is 4.89. The maximum absolute atomic E-state index is 12.5. The lowest BCUT2D eigenvalue weighted by Crippen LogP contribution is -2.19. The van der Waals surface area contributed by atoms with Crippen LogP contribution < -0.4 is 10.6 Å². The Morgan fingerprint density at radius 1 is 0.969 bits per heavy atom. The third-order valence-electron chi connectivity index (χ3n) is 5.33. The van der Waals surface area contributed by atoms with Crippen LogP contribution in [-0.2, 0) is 6.54 Å². The number of anilines is 2. The SMILES string of the molecule is Cc1ccc(NC(=O)Nc2cccc(-c3nn4c(c3-c3ccncc3)SCCC4)c2)cc1. The third kappa shape index (κ3) is 4.24. The minimum absolute atomic E-state index is 0.278. The van der Waals surface area contributed by atoms with E-state index >= 15 is 0 Å². The number of carbonyl (C=O) groups excluding carboxylic acids is 1. The minimum Gasteiger partial charge on any atom is -0.308 e. The molecule has 0 unspecified atom stereocenters. The van der Waals surface area contributed by atoms with Crippen LogP contribution in [0.1, 0.15) is 12.0 Å². The van der Waals surface area contributed by atoms with Gasteiger partial charge < -0.3 is 10.6 Å². The fraction of sp³-hybridized carbons (Fsp3) is 0.160. The molecule has 32 heavy (non-hydrogen) atoms. The second-order valence-electron chi connectivity index (χ2n) is 7.72. The highest BCUT2D eigenvalue weighted by Crippen LogP contribution is 2.41. The number of fused-ring (bicyclic) bond motifs is 1. The topological polar surface area (TPSA) is 71.8 Å². The molecule has 2 aromatic carbocycles. The van der Waals surface area contributed by atoms with Gasteiger partial charge in [0.15, 0.2) is 0 Å². The van der Waals surface area contributed by atoms with E-state index in [1.807, 2.05) is 91.7 Å². The number of aromatic nitrogens is 3. The van der Waals surface area contributed by atoms with Gasteiger partial charge in [-0.25, -0.2) is 4.79 Å². The Morgan fingerprint density at radius 2 is 1.75 bits per heavy atom. The van der Waals surface area contributed by atoms with Crippen LogP contribution in [0.3, 0.4) is 0 Å². The predicted molar refractivity (Wildman–Crippen MR) is 130 cm³/mol. The number of nitrogens with one attached hydrogen (secondary N) is 2. The van der Waals surface area contributed by atoms with Gasteiger partial charge in [0.1, 0.15) is 10.7 Å². The zero-order valence-corrected chi connectivity index (χ0v) is 18.5. The van der Waals surface area contributed by atoms with Crippen molar-refractivity contribution in [3.63, 3.8) is 0 Å². The molecule has 3 heterocycles. The van der Waals surface area contributed by atoms with Crippen LogP contribution in [0, 0.1) is 6.92 Å². The molecule has 1 aliphatic rings. The van der Waals surface area contributed by atoms with Gasteiger partial charge in [-0.1, -0.05) is 29.8 Å². The molecule has 160 valence electrons. The van der Waals surface area contributed by atoms with Gasteiger partial charge in [0, 0.05) is 47.2 Å². The number of nitrogens with zero attached hydrogens (tertiary/aromatic N) is 3. The molecule has 0 fully saturated rings. The Balaban J connectivity index is 1.45. The summed E-state index contributed by atoms with van der Waals surface area (Å²) in [4.78, 5) is 16.7. The quantitative estimate of drug-likeness (QED) is 0.404. The number of pyridine rings is 1. The molecule has 2 N–H and O–H groups in total. The first kappa shape index (κ1) is 20.3. The summed E-state index contributed by atoms with van der Waals surface area (Å²) in [5, 5.41) is 11.9. The largest absolute Gasteiger partial charge is 0.323 e. The van der Waals surface area contributed by atoms with Crippen LogP contribution in [0.25, 0.3) is 22.4 Å². The first-order valence-electron chi connectivity index (χ1n) is 10.6. The lowest BCUT2D eigenvalue weighted by atomic mass is 10.0. The molecule has 0 radical (unpaired) electrons. The van der Waals surface area contributed by atoms with Gasteiger partial charge in [-0.3, -0.25) is 9.67 Å². The molecule has 2 aromatic heterocycles. The van der Waals surface area contributed by atoms with Gasteiger partial charge in [0.25, 0.3) is 0 Å². The zero-order valence-electron chi connectivity index (χ0n) is 17.7. The summed E-state index contributed by atoms with van der Waals surface area (Å²) in [5.41, 5.74) is 6.72. The first-order valence-corrected chi connectivity index (χ1v) is 11.5. The van der Waals surface area contributed by atoms with E-state index in [4.69, 9.17) is 5.10 Å². The number of hydrogen-bond donors (Lipinski definition) is 2. The number of aryl methyl sites for hydroxylation is 2. The highest BCUT2D eigenvalue weighted by Gasteiger charge is 2.23. The first-order chi connectivity index (χ1) is 15.7. The normalized spacial score (nSPS) is 12.8. The van der Waals surface area contributed by atoms with E-state index in [1.165, 1.54) is 5.03 Å². The van der Waals surface area contributed by atoms with Crippen molar-refractivity contribution in [3.8, 4) is 22.4 Å². The summed E-state index contributed by atoms with van der Waals surface area (Å²) in [7, 11) is 0. The number of rotatable bonds is 4. The van der Waals surface area contributed by atoms with E-state index in [-0.39, 0.29) is 6.03 Å². The average molecular weight is 442 g/mol. The smallest absolute Gasteiger partial charge is 0.308 e. The highest BCUT2D eigenvalue weighted by molar-refractivity contribution is 7.99. The molecule has 5 rings (SSSR count). The summed E-state index contributed by atoms with van der Waals surface area (Å²) in [6.07, 6.45) is 4.73. The predicted octanol–water partition coefficient (Wildman–Crippen LogP) is 6.06. The van der Waals surface area contributed by atoms with E-state index in [0.29, 0.717) is 5.69 Å². The average Bonchev–Trinajstić information content (AvgIpc) is 3.21. The zero-order chi connectivity index (χ0) is 21.9. The van der Waals surface area contributed by atoms with Crippen molar-refractivity contribution in [2.24, 2.45) is 0 Å². The maximum atomic E-state index is 12.5. The Hall–Kier alpha value is -3.58. The summed E-state index contributed by atoms with van der Waals surface area (Å²) in [6.45, 7) is 2.93. The summed E-state index contributed by atoms with van der Waals surface area (Å²) < 4.78 is 2.10. The Labute approximate surface area is 191 Å². The summed E-state index contributed by atoms with van der Waals surface area (Å²) in [5.74, 6) is 1.09. The van der Waals surface area contributed by atoms with E-state index < -0.39 is 0 Å². The number of hydrogen-bond acceptors (Lipinski definition) is 4. The molecule has 4 aromatic rings. The van der Waals surface area contributed by atoms with Crippen molar-refractivity contribution in [1.29, 1.82) is 0 Å². The molecule has 0 spiro atoms. The lowest BCUT2D eigenvalue weighted by Gasteiger charge is -2.14. The van der Waals surface area contributed by atoms with Crippen LogP contribution in [0.5, 0.6) is 0 Å². The van der Waals surface area contributed by atoms with Gasteiger partial charge in [0.2, 0.25) is 0 Å². The van der Waals surface area contributed by atoms with Crippen LogP contribution >= 0.6 is 11.8 Å². The lowest BCUT2D eigenvalue weighted by molar-refractivity contribution is 0.262.